The van der Waals surface area contributed by atoms with Crippen molar-refractivity contribution in [2.75, 3.05) is 0 Å². The lowest BCUT2D eigenvalue weighted by molar-refractivity contribution is 0.0964. The van der Waals surface area contributed by atoms with Gasteiger partial charge in [-0.1, -0.05) is 36.8 Å². The van der Waals surface area contributed by atoms with Gasteiger partial charge in [-0.3, -0.25) is 4.79 Å². The Labute approximate surface area is 126 Å². The molecule has 1 N–H and O–H groups in total. The molecule has 0 heterocycles. The summed E-state index contributed by atoms with van der Waals surface area (Å²) in [5.41, 5.74) is 3.58. The molecule has 112 valence electrons. The smallest absolute Gasteiger partial charge is 0.255 e. The van der Waals surface area contributed by atoms with Crippen molar-refractivity contribution in [3.05, 3.63) is 71.2 Å². The molecule has 1 amide bonds. The number of hydrogen-bond donors (Lipinski definition) is 1. The Hall–Kier alpha value is -2.16. The first-order valence-corrected chi connectivity index (χ1v) is 7.01. The van der Waals surface area contributed by atoms with Crippen LogP contribution in [-0.2, 0) is 0 Å². The van der Waals surface area contributed by atoms with Crippen LogP contribution >= 0.6 is 0 Å². The summed E-state index contributed by atoms with van der Waals surface area (Å²) in [6.45, 7) is 9.72. The summed E-state index contributed by atoms with van der Waals surface area (Å²) in [5.74, 6) is -0.569. The second-order valence-corrected chi connectivity index (χ2v) is 5.00. The van der Waals surface area contributed by atoms with Crippen LogP contribution in [0.25, 0.3) is 0 Å². The maximum Gasteiger partial charge on any atom is 0.255 e. The van der Waals surface area contributed by atoms with Crippen LogP contribution in [0.15, 0.2) is 59.8 Å². The lowest BCUT2D eigenvalue weighted by Gasteiger charge is -2.14. The van der Waals surface area contributed by atoms with E-state index in [0.29, 0.717) is 12.0 Å². The van der Waals surface area contributed by atoms with Gasteiger partial charge in [0, 0.05) is 17.7 Å². The van der Waals surface area contributed by atoms with E-state index >= 15 is 0 Å². The SMILES string of the molecule is C=C/C=C(/C)C/C(NC(=O)c1ccc(F)cc1)=C(\C)CC. The van der Waals surface area contributed by atoms with E-state index in [1.54, 1.807) is 6.08 Å². The third kappa shape index (κ3) is 5.38. The van der Waals surface area contributed by atoms with Crippen LogP contribution in [0.5, 0.6) is 0 Å². The Bertz CT molecular complexity index is 567. The van der Waals surface area contributed by atoms with Gasteiger partial charge in [0.15, 0.2) is 0 Å². The molecule has 0 radical (unpaired) electrons. The fourth-order valence-corrected chi connectivity index (χ4v) is 1.86. The average Bonchev–Trinajstić information content (AvgIpc) is 2.46. The highest BCUT2D eigenvalue weighted by molar-refractivity contribution is 5.95. The third-order valence-electron chi connectivity index (χ3n) is 3.27. The second kappa shape index (κ2) is 8.20. The summed E-state index contributed by atoms with van der Waals surface area (Å²) in [7, 11) is 0. The summed E-state index contributed by atoms with van der Waals surface area (Å²) < 4.78 is 12.9. The minimum Gasteiger partial charge on any atom is -0.325 e. The first-order valence-electron chi connectivity index (χ1n) is 7.01. The first kappa shape index (κ1) is 16.9. The Morgan fingerprint density at radius 3 is 2.43 bits per heavy atom. The average molecular weight is 287 g/mol. The van der Waals surface area contributed by atoms with E-state index in [1.165, 1.54) is 24.3 Å². The molecule has 0 saturated heterocycles. The molecule has 0 saturated carbocycles. The standard InChI is InChI=1S/C18H22FNO/c1-5-7-13(3)12-17(14(4)6-2)20-18(21)15-8-10-16(19)11-9-15/h5,7-11H,1,6,12H2,2-4H3,(H,20,21)/b13-7-,17-14-. The quantitative estimate of drug-likeness (QED) is 0.751. The molecule has 3 heteroatoms. The maximum absolute atomic E-state index is 12.9. The van der Waals surface area contributed by atoms with E-state index in [-0.39, 0.29) is 11.7 Å². The van der Waals surface area contributed by atoms with Crippen LogP contribution in [0.3, 0.4) is 0 Å². The predicted molar refractivity (Wildman–Crippen MR) is 85.4 cm³/mol. The number of carbonyl (C=O) groups is 1. The maximum atomic E-state index is 12.9. The first-order chi connectivity index (χ1) is 9.97. The summed E-state index contributed by atoms with van der Waals surface area (Å²) in [5, 5.41) is 2.94. The van der Waals surface area contributed by atoms with Crippen molar-refractivity contribution < 1.29 is 9.18 Å². The zero-order valence-corrected chi connectivity index (χ0v) is 12.9. The van der Waals surface area contributed by atoms with Crippen molar-refractivity contribution in [2.24, 2.45) is 0 Å². The van der Waals surface area contributed by atoms with Gasteiger partial charge in [0.1, 0.15) is 5.82 Å². The highest BCUT2D eigenvalue weighted by Gasteiger charge is 2.10. The molecule has 1 aromatic rings. The molecule has 0 fully saturated rings. The molecule has 0 aliphatic heterocycles. The van der Waals surface area contributed by atoms with Crippen LogP contribution in [0.2, 0.25) is 0 Å². The van der Waals surface area contributed by atoms with Crippen molar-refractivity contribution in [1.29, 1.82) is 0 Å². The van der Waals surface area contributed by atoms with E-state index < -0.39 is 0 Å². The van der Waals surface area contributed by atoms with E-state index in [4.69, 9.17) is 0 Å². The minimum atomic E-state index is -0.350. The summed E-state index contributed by atoms with van der Waals surface area (Å²) >= 11 is 0. The highest BCUT2D eigenvalue weighted by atomic mass is 19.1. The lowest BCUT2D eigenvalue weighted by Crippen LogP contribution is -2.24. The number of carbonyl (C=O) groups excluding carboxylic acids is 1. The number of halogens is 1. The minimum absolute atomic E-state index is 0.218. The third-order valence-corrected chi connectivity index (χ3v) is 3.27. The fraction of sp³-hybridized carbons (Fsp3) is 0.278. The number of allylic oxidation sites excluding steroid dienone is 4. The van der Waals surface area contributed by atoms with Crippen LogP contribution in [0.1, 0.15) is 44.0 Å². The summed E-state index contributed by atoms with van der Waals surface area (Å²) in [6, 6.07) is 5.54. The second-order valence-electron chi connectivity index (χ2n) is 5.00. The molecule has 0 atom stereocenters. The van der Waals surface area contributed by atoms with E-state index in [0.717, 1.165) is 23.3 Å². The van der Waals surface area contributed by atoms with Gasteiger partial charge >= 0.3 is 0 Å². The molecule has 0 aliphatic carbocycles. The zero-order valence-electron chi connectivity index (χ0n) is 12.9. The molecular formula is C18H22FNO. The highest BCUT2D eigenvalue weighted by Crippen LogP contribution is 2.16. The van der Waals surface area contributed by atoms with Crippen LogP contribution < -0.4 is 5.32 Å². The van der Waals surface area contributed by atoms with Crippen LogP contribution in [0, 0.1) is 5.82 Å². The topological polar surface area (TPSA) is 29.1 Å². The van der Waals surface area contributed by atoms with Gasteiger partial charge in [-0.25, -0.2) is 4.39 Å². The molecule has 0 spiro atoms. The fourth-order valence-electron chi connectivity index (χ4n) is 1.86. The summed E-state index contributed by atoms with van der Waals surface area (Å²) in [4.78, 5) is 12.2. The number of rotatable bonds is 6. The van der Waals surface area contributed by atoms with Crippen molar-refractivity contribution in [1.82, 2.24) is 5.32 Å². The van der Waals surface area contributed by atoms with Gasteiger partial charge < -0.3 is 5.32 Å². The Morgan fingerprint density at radius 2 is 1.90 bits per heavy atom. The van der Waals surface area contributed by atoms with Gasteiger partial charge in [-0.15, -0.1) is 0 Å². The van der Waals surface area contributed by atoms with Gasteiger partial charge in [0.2, 0.25) is 0 Å². The molecule has 0 unspecified atom stereocenters. The van der Waals surface area contributed by atoms with Gasteiger partial charge in [-0.2, -0.15) is 0 Å². The molecule has 21 heavy (non-hydrogen) atoms. The van der Waals surface area contributed by atoms with Gasteiger partial charge in [-0.05, 0) is 44.5 Å². The predicted octanol–water partition coefficient (Wildman–Crippen LogP) is 4.76. The zero-order chi connectivity index (χ0) is 15.8. The van der Waals surface area contributed by atoms with E-state index in [2.05, 4.69) is 11.9 Å². The van der Waals surface area contributed by atoms with E-state index in [9.17, 15) is 9.18 Å². The van der Waals surface area contributed by atoms with Crippen LogP contribution in [0.4, 0.5) is 4.39 Å². The van der Waals surface area contributed by atoms with Gasteiger partial charge in [0.05, 0.1) is 0 Å². The largest absolute Gasteiger partial charge is 0.325 e. The normalized spacial score (nSPS) is 12.7. The van der Waals surface area contributed by atoms with Crippen molar-refractivity contribution >= 4 is 5.91 Å². The van der Waals surface area contributed by atoms with Crippen molar-refractivity contribution in [2.45, 2.75) is 33.6 Å². The van der Waals surface area contributed by atoms with Crippen molar-refractivity contribution in [3.63, 3.8) is 0 Å². The monoisotopic (exact) mass is 287 g/mol. The van der Waals surface area contributed by atoms with Crippen LogP contribution in [-0.4, -0.2) is 5.91 Å². The molecule has 0 aliphatic rings. The number of amides is 1. The molecule has 0 bridgehead atoms. The molecular weight excluding hydrogens is 265 g/mol. The van der Waals surface area contributed by atoms with Gasteiger partial charge in [0.25, 0.3) is 5.91 Å². The molecule has 1 rings (SSSR count). The number of nitrogens with one attached hydrogen (secondary N) is 1. The Morgan fingerprint density at radius 1 is 1.29 bits per heavy atom. The van der Waals surface area contributed by atoms with E-state index in [1.807, 2.05) is 26.8 Å². The molecule has 0 aromatic heterocycles. The number of benzene rings is 1. The summed E-state index contributed by atoms with van der Waals surface area (Å²) in [6.07, 6.45) is 5.18. The lowest BCUT2D eigenvalue weighted by atomic mass is 10.0. The molecule has 1 aromatic carbocycles. The Balaban J connectivity index is 2.92. The Kier molecular flexibility index (Phi) is 6.60. The molecule has 2 nitrogen and oxygen atoms in total. The number of hydrogen-bond acceptors (Lipinski definition) is 1. The van der Waals surface area contributed by atoms with Crippen molar-refractivity contribution in [3.8, 4) is 0 Å².